The summed E-state index contributed by atoms with van der Waals surface area (Å²) in [6, 6.07) is 7.58. The van der Waals surface area contributed by atoms with E-state index in [0.717, 1.165) is 29.7 Å². The van der Waals surface area contributed by atoms with Crippen molar-refractivity contribution in [1.82, 2.24) is 24.5 Å². The van der Waals surface area contributed by atoms with E-state index < -0.39 is 0 Å². The van der Waals surface area contributed by atoms with Crippen molar-refractivity contribution >= 4 is 29.1 Å². The quantitative estimate of drug-likeness (QED) is 0.347. The van der Waals surface area contributed by atoms with Crippen LogP contribution in [0.25, 0.3) is 5.65 Å². The lowest BCUT2D eigenvalue weighted by atomic mass is 9.94. The van der Waals surface area contributed by atoms with Crippen LogP contribution in [0.4, 0.5) is 17.6 Å². The van der Waals surface area contributed by atoms with Crippen LogP contribution in [0.5, 0.6) is 0 Å². The molecule has 0 bridgehead atoms. The van der Waals surface area contributed by atoms with Gasteiger partial charge in [-0.1, -0.05) is 32.6 Å². The molecule has 10 nitrogen and oxygen atoms in total. The molecule has 0 unspecified atom stereocenters. The number of aliphatic hydroxyl groups excluding tert-OH is 1. The van der Waals surface area contributed by atoms with Gasteiger partial charge in [0, 0.05) is 36.8 Å². The molecule has 3 aromatic rings. The van der Waals surface area contributed by atoms with Crippen molar-refractivity contribution in [3.8, 4) is 0 Å². The number of fused-ring (bicyclic) bond motifs is 1. The highest BCUT2D eigenvalue weighted by Crippen LogP contribution is 2.23. The summed E-state index contributed by atoms with van der Waals surface area (Å²) in [5.74, 6) is 1.21. The Labute approximate surface area is 205 Å². The van der Waals surface area contributed by atoms with Crippen LogP contribution < -0.4 is 16.0 Å². The third kappa shape index (κ3) is 5.95. The van der Waals surface area contributed by atoms with E-state index in [9.17, 15) is 9.90 Å². The first-order valence-electron chi connectivity index (χ1n) is 12.0. The van der Waals surface area contributed by atoms with Gasteiger partial charge in [-0.15, -0.1) is 0 Å². The Hall–Kier alpha value is -3.50. The van der Waals surface area contributed by atoms with E-state index >= 15 is 0 Å². The van der Waals surface area contributed by atoms with Crippen LogP contribution in [-0.2, 0) is 11.3 Å². The number of aromatic nitrogens is 4. The number of nitrogens with zero attached hydrogens (tertiary/aromatic N) is 5. The number of nitrogens with one attached hydrogen (secondary N) is 3. The highest BCUT2D eigenvalue weighted by molar-refractivity contribution is 5.98. The molecule has 2 aromatic heterocycles. The van der Waals surface area contributed by atoms with Gasteiger partial charge < -0.3 is 26.0 Å². The average molecular weight is 479 g/mol. The van der Waals surface area contributed by atoms with Crippen molar-refractivity contribution in [1.29, 1.82) is 0 Å². The third-order valence-corrected chi connectivity index (χ3v) is 6.29. The Morgan fingerprint density at radius 2 is 2.14 bits per heavy atom. The van der Waals surface area contributed by atoms with Gasteiger partial charge in [-0.25, -0.2) is 0 Å². The summed E-state index contributed by atoms with van der Waals surface area (Å²) >= 11 is 0. The number of anilines is 3. The highest BCUT2D eigenvalue weighted by Gasteiger charge is 2.26. The number of likely N-dealkylation sites (tertiary alicyclic amines) is 1. The molecule has 1 amide bonds. The first-order chi connectivity index (χ1) is 16.8. The van der Waals surface area contributed by atoms with Gasteiger partial charge in [0.1, 0.15) is 0 Å². The van der Waals surface area contributed by atoms with Crippen molar-refractivity contribution < 1.29 is 9.90 Å². The maximum absolute atomic E-state index is 11.6. The van der Waals surface area contributed by atoms with Crippen LogP contribution in [0.1, 0.15) is 37.3 Å². The van der Waals surface area contributed by atoms with Crippen molar-refractivity contribution in [3.63, 3.8) is 0 Å². The number of carbonyl (C=O) groups is 1. The molecule has 0 spiro atoms. The molecule has 1 aliphatic heterocycles. The number of amides is 1. The van der Waals surface area contributed by atoms with Crippen LogP contribution in [-0.4, -0.2) is 68.3 Å². The van der Waals surface area contributed by atoms with Crippen LogP contribution in [0.3, 0.4) is 0 Å². The molecule has 0 radical (unpaired) electrons. The number of aliphatic hydroxyl groups is 1. The zero-order valence-electron chi connectivity index (χ0n) is 20.5. The second-order valence-corrected chi connectivity index (χ2v) is 9.37. The molecule has 2 atom stereocenters. The second-order valence-electron chi connectivity index (χ2n) is 9.37. The topological polar surface area (TPSA) is 120 Å². The predicted octanol–water partition coefficient (Wildman–Crippen LogP) is 2.71. The third-order valence-electron chi connectivity index (χ3n) is 6.29. The number of benzene rings is 1. The lowest BCUT2D eigenvalue weighted by Crippen LogP contribution is -2.44. The summed E-state index contributed by atoms with van der Waals surface area (Å²) in [4.78, 5) is 23.2. The zero-order valence-corrected chi connectivity index (χ0v) is 20.5. The fourth-order valence-corrected chi connectivity index (χ4v) is 4.23. The molecule has 0 saturated carbocycles. The van der Waals surface area contributed by atoms with Gasteiger partial charge in [-0.05, 0) is 49.7 Å². The number of likely N-dealkylation sites (N-methyl/N-ethyl adjacent to an activating group) is 1. The van der Waals surface area contributed by atoms with Gasteiger partial charge in [0.05, 0.1) is 12.3 Å². The van der Waals surface area contributed by atoms with Crippen LogP contribution in [0.2, 0.25) is 0 Å². The largest absolute Gasteiger partial charge is 0.391 e. The summed E-state index contributed by atoms with van der Waals surface area (Å²) < 4.78 is 1.72. The van der Waals surface area contributed by atoms with Crippen LogP contribution >= 0.6 is 0 Å². The molecule has 3 heterocycles. The molecular formula is C25H34N8O2. The van der Waals surface area contributed by atoms with E-state index in [1.165, 1.54) is 6.08 Å². The van der Waals surface area contributed by atoms with Gasteiger partial charge in [0.2, 0.25) is 17.8 Å². The minimum atomic E-state index is -0.377. The standard InChI is InChI=1S/C25H34N8O2/c1-5-22(35)29-19-8-6-7-17(11-19)12-27-25-31-24(26-13-18-9-10-32(4)15-21(18)34)30-23-20(16(2)3)14-28-33(23)25/h5-8,11,14,16,18,21,34H,1,9-10,12-13,15H2,2-4H3,(H,29,35)(H2,26,27,30,31)/t18-,21+/m1/s1. The van der Waals surface area contributed by atoms with Crippen LogP contribution in [0, 0.1) is 5.92 Å². The molecule has 4 rings (SSSR count). The maximum atomic E-state index is 11.6. The summed E-state index contributed by atoms with van der Waals surface area (Å²) in [5, 5.41) is 24.5. The smallest absolute Gasteiger partial charge is 0.247 e. The zero-order chi connectivity index (χ0) is 24.9. The van der Waals surface area contributed by atoms with E-state index in [0.29, 0.717) is 37.2 Å². The monoisotopic (exact) mass is 478 g/mol. The van der Waals surface area contributed by atoms with Crippen molar-refractivity contribution in [2.75, 3.05) is 42.6 Å². The van der Waals surface area contributed by atoms with Crippen molar-refractivity contribution in [2.24, 2.45) is 5.92 Å². The molecule has 1 fully saturated rings. The fourth-order valence-electron chi connectivity index (χ4n) is 4.23. The Morgan fingerprint density at radius 3 is 2.89 bits per heavy atom. The van der Waals surface area contributed by atoms with Crippen LogP contribution in [0.15, 0.2) is 43.1 Å². The van der Waals surface area contributed by atoms with Crippen molar-refractivity contribution in [3.05, 3.63) is 54.2 Å². The molecule has 10 heteroatoms. The summed E-state index contributed by atoms with van der Waals surface area (Å²) in [6.45, 7) is 10.4. The van der Waals surface area contributed by atoms with E-state index in [-0.39, 0.29) is 23.8 Å². The van der Waals surface area contributed by atoms with E-state index in [2.05, 4.69) is 51.4 Å². The molecule has 4 N–H and O–H groups in total. The Morgan fingerprint density at radius 1 is 1.31 bits per heavy atom. The number of hydrogen-bond acceptors (Lipinski definition) is 8. The molecular weight excluding hydrogens is 444 g/mol. The van der Waals surface area contributed by atoms with Gasteiger partial charge in [0.15, 0.2) is 5.65 Å². The lowest BCUT2D eigenvalue weighted by molar-refractivity contribution is -0.111. The highest BCUT2D eigenvalue weighted by atomic mass is 16.3. The van der Waals surface area contributed by atoms with Gasteiger partial charge in [-0.3, -0.25) is 4.79 Å². The van der Waals surface area contributed by atoms with E-state index in [1.807, 2.05) is 37.5 Å². The second kappa shape index (κ2) is 10.8. The number of rotatable bonds is 9. The minimum absolute atomic E-state index is 0.144. The summed E-state index contributed by atoms with van der Waals surface area (Å²) in [6.07, 6.45) is 3.61. The SMILES string of the molecule is C=CC(=O)Nc1cccc(CNc2nc(NC[C@H]3CCN(C)C[C@@H]3O)nc3c(C(C)C)cnn23)c1. The first-order valence-corrected chi connectivity index (χ1v) is 12.0. The summed E-state index contributed by atoms with van der Waals surface area (Å²) in [7, 11) is 2.03. The fraction of sp³-hybridized carbons (Fsp3) is 0.440. The molecule has 1 saturated heterocycles. The predicted molar refractivity (Wildman–Crippen MR) is 138 cm³/mol. The molecule has 0 aliphatic carbocycles. The van der Waals surface area contributed by atoms with Gasteiger partial charge in [-0.2, -0.15) is 19.6 Å². The Balaban J connectivity index is 1.54. The minimum Gasteiger partial charge on any atom is -0.391 e. The van der Waals surface area contributed by atoms with Gasteiger partial charge in [0.25, 0.3) is 0 Å². The lowest BCUT2D eigenvalue weighted by Gasteiger charge is -2.33. The van der Waals surface area contributed by atoms with Crippen molar-refractivity contribution in [2.45, 2.75) is 38.8 Å². The van der Waals surface area contributed by atoms with E-state index in [1.54, 1.807) is 4.52 Å². The molecule has 1 aliphatic rings. The molecule has 186 valence electrons. The number of carbonyl (C=O) groups excluding carboxylic acids is 1. The maximum Gasteiger partial charge on any atom is 0.247 e. The molecule has 1 aromatic carbocycles. The molecule has 35 heavy (non-hydrogen) atoms. The number of piperidine rings is 1. The number of β-amino-alcohol motifs (C(OH)–C–C–N with tert-alkyl or cyclic N) is 1. The normalized spacial score (nSPS) is 18.5. The van der Waals surface area contributed by atoms with E-state index in [4.69, 9.17) is 4.98 Å². The Kier molecular flexibility index (Phi) is 7.62. The average Bonchev–Trinajstić information content (AvgIpc) is 3.26. The number of hydrogen-bond donors (Lipinski definition) is 4. The summed E-state index contributed by atoms with van der Waals surface area (Å²) in [5.41, 5.74) is 3.45. The first kappa shape index (κ1) is 24.6. The van der Waals surface area contributed by atoms with Gasteiger partial charge >= 0.3 is 0 Å². The Bertz CT molecular complexity index is 1190.